The van der Waals surface area contributed by atoms with Crippen molar-refractivity contribution in [2.75, 3.05) is 13.6 Å². The van der Waals surface area contributed by atoms with E-state index in [0.717, 1.165) is 29.3 Å². The Morgan fingerprint density at radius 1 is 1.42 bits per heavy atom. The molecule has 1 aromatic carbocycles. The Bertz CT molecular complexity index is 723. The molecule has 1 heterocycles. The highest BCUT2D eigenvalue weighted by Crippen LogP contribution is 2.45. The first-order valence-corrected chi connectivity index (χ1v) is 8.60. The smallest absolute Gasteiger partial charge is 0.317 e. The first-order valence-electron chi connectivity index (χ1n) is 8.22. The lowest BCUT2D eigenvalue weighted by Crippen LogP contribution is -2.48. The number of imidazole rings is 1. The normalized spacial score (nSPS) is 15.6. The van der Waals surface area contributed by atoms with Crippen LogP contribution in [0.1, 0.15) is 30.7 Å². The molecule has 6 heteroatoms. The molecule has 1 fully saturated rings. The van der Waals surface area contributed by atoms with Gasteiger partial charge in [0, 0.05) is 43.5 Å². The van der Waals surface area contributed by atoms with E-state index < -0.39 is 0 Å². The zero-order valence-electron chi connectivity index (χ0n) is 14.1. The second-order valence-electron chi connectivity index (χ2n) is 6.58. The number of hydrogen-bond donors (Lipinski definition) is 1. The van der Waals surface area contributed by atoms with Gasteiger partial charge in [-0.3, -0.25) is 0 Å². The number of nitrogens with one attached hydrogen (secondary N) is 1. The number of carbonyl (C=O) groups is 1. The molecule has 1 aliphatic carbocycles. The van der Waals surface area contributed by atoms with E-state index in [-0.39, 0.29) is 11.4 Å². The van der Waals surface area contributed by atoms with Gasteiger partial charge in [-0.05, 0) is 24.5 Å². The van der Waals surface area contributed by atoms with Crippen LogP contribution < -0.4 is 5.32 Å². The van der Waals surface area contributed by atoms with E-state index in [0.29, 0.717) is 13.1 Å². The lowest BCUT2D eigenvalue weighted by atomic mass is 9.64. The van der Waals surface area contributed by atoms with Gasteiger partial charge in [-0.15, -0.1) is 0 Å². The Morgan fingerprint density at radius 2 is 2.17 bits per heavy atom. The van der Waals surface area contributed by atoms with Crippen LogP contribution in [0.5, 0.6) is 0 Å². The third kappa shape index (κ3) is 3.26. The SMILES string of the molecule is CN(Cc1nccn1C)C(=O)NCC1(c2ccccc2Cl)CCC1. The van der Waals surface area contributed by atoms with Crippen molar-refractivity contribution in [1.29, 1.82) is 0 Å². The van der Waals surface area contributed by atoms with E-state index >= 15 is 0 Å². The molecular formula is C18H23ClN4O. The summed E-state index contributed by atoms with van der Waals surface area (Å²) in [6.07, 6.45) is 6.90. The van der Waals surface area contributed by atoms with Crippen molar-refractivity contribution in [2.45, 2.75) is 31.2 Å². The fraction of sp³-hybridized carbons (Fsp3) is 0.444. The average Bonchev–Trinajstić information content (AvgIpc) is 2.92. The molecular weight excluding hydrogens is 324 g/mol. The van der Waals surface area contributed by atoms with Crippen LogP contribution in [0.3, 0.4) is 0 Å². The van der Waals surface area contributed by atoms with Crippen LogP contribution in [-0.2, 0) is 19.0 Å². The molecule has 128 valence electrons. The molecule has 24 heavy (non-hydrogen) atoms. The molecule has 0 aliphatic heterocycles. The molecule has 0 bridgehead atoms. The van der Waals surface area contributed by atoms with Crippen molar-refractivity contribution >= 4 is 17.6 Å². The molecule has 0 atom stereocenters. The minimum absolute atomic E-state index is 0.0297. The number of rotatable bonds is 5. The van der Waals surface area contributed by atoms with Crippen LogP contribution in [0.25, 0.3) is 0 Å². The lowest BCUT2D eigenvalue weighted by Gasteiger charge is -2.43. The van der Waals surface area contributed by atoms with Gasteiger partial charge in [0.15, 0.2) is 0 Å². The third-order valence-corrected chi connectivity index (χ3v) is 5.31. The van der Waals surface area contributed by atoms with Gasteiger partial charge in [0.2, 0.25) is 0 Å². The maximum atomic E-state index is 12.4. The molecule has 1 N–H and O–H groups in total. The van der Waals surface area contributed by atoms with Crippen LogP contribution in [-0.4, -0.2) is 34.1 Å². The summed E-state index contributed by atoms with van der Waals surface area (Å²) >= 11 is 6.38. The maximum Gasteiger partial charge on any atom is 0.317 e. The zero-order chi connectivity index (χ0) is 17.2. The Labute approximate surface area is 147 Å². The monoisotopic (exact) mass is 346 g/mol. The molecule has 2 aromatic rings. The second kappa shape index (κ2) is 6.85. The first kappa shape index (κ1) is 16.8. The fourth-order valence-corrected chi connectivity index (χ4v) is 3.58. The Kier molecular flexibility index (Phi) is 4.81. The molecule has 1 aliphatic rings. The van der Waals surface area contributed by atoms with Crippen molar-refractivity contribution in [2.24, 2.45) is 7.05 Å². The van der Waals surface area contributed by atoms with Crippen LogP contribution in [0.15, 0.2) is 36.7 Å². The van der Waals surface area contributed by atoms with Crippen molar-refractivity contribution < 1.29 is 4.79 Å². The number of halogens is 1. The molecule has 0 radical (unpaired) electrons. The van der Waals surface area contributed by atoms with Gasteiger partial charge in [-0.1, -0.05) is 36.2 Å². The number of aryl methyl sites for hydroxylation is 1. The molecule has 5 nitrogen and oxygen atoms in total. The number of amides is 2. The number of aromatic nitrogens is 2. The van der Waals surface area contributed by atoms with Gasteiger partial charge >= 0.3 is 6.03 Å². The summed E-state index contributed by atoms with van der Waals surface area (Å²) in [5.74, 6) is 0.858. The van der Waals surface area contributed by atoms with Crippen molar-refractivity contribution in [3.8, 4) is 0 Å². The average molecular weight is 347 g/mol. The van der Waals surface area contributed by atoms with Gasteiger partial charge in [0.05, 0.1) is 6.54 Å². The Balaban J connectivity index is 1.62. The number of nitrogens with zero attached hydrogens (tertiary/aromatic N) is 3. The summed E-state index contributed by atoms with van der Waals surface area (Å²) in [6.45, 7) is 1.09. The second-order valence-corrected chi connectivity index (χ2v) is 6.99. The van der Waals surface area contributed by atoms with Crippen molar-refractivity contribution in [3.63, 3.8) is 0 Å². The number of carbonyl (C=O) groups excluding carboxylic acids is 1. The summed E-state index contributed by atoms with van der Waals surface area (Å²) < 4.78 is 1.92. The van der Waals surface area contributed by atoms with Crippen molar-refractivity contribution in [1.82, 2.24) is 19.8 Å². The maximum absolute atomic E-state index is 12.4. The molecule has 0 spiro atoms. The fourth-order valence-electron chi connectivity index (χ4n) is 3.25. The van der Waals surface area contributed by atoms with E-state index in [1.807, 2.05) is 36.0 Å². The van der Waals surface area contributed by atoms with E-state index in [1.54, 1.807) is 18.1 Å². The van der Waals surface area contributed by atoms with Gasteiger partial charge in [-0.25, -0.2) is 9.78 Å². The van der Waals surface area contributed by atoms with E-state index in [1.165, 1.54) is 6.42 Å². The summed E-state index contributed by atoms with van der Waals surface area (Å²) in [5, 5.41) is 3.86. The Hall–Kier alpha value is -2.01. The zero-order valence-corrected chi connectivity index (χ0v) is 14.9. The predicted octanol–water partition coefficient (Wildman–Crippen LogP) is 3.34. The topological polar surface area (TPSA) is 50.2 Å². The van der Waals surface area contributed by atoms with Gasteiger partial charge < -0.3 is 14.8 Å². The molecule has 2 amide bonds. The van der Waals surface area contributed by atoms with Crippen LogP contribution in [0.4, 0.5) is 4.79 Å². The predicted molar refractivity (Wildman–Crippen MR) is 95.1 cm³/mol. The first-order chi connectivity index (χ1) is 11.5. The molecule has 0 unspecified atom stereocenters. The van der Waals surface area contributed by atoms with Gasteiger partial charge in [0.1, 0.15) is 5.82 Å². The highest BCUT2D eigenvalue weighted by molar-refractivity contribution is 6.31. The number of hydrogen-bond acceptors (Lipinski definition) is 2. The summed E-state index contributed by atoms with van der Waals surface area (Å²) in [6, 6.07) is 7.86. The van der Waals surface area contributed by atoms with Gasteiger partial charge in [0.25, 0.3) is 0 Å². The molecule has 0 saturated heterocycles. The molecule has 3 rings (SSSR count). The molecule has 1 aromatic heterocycles. The van der Waals surface area contributed by atoms with Crippen LogP contribution >= 0.6 is 11.6 Å². The number of urea groups is 1. The summed E-state index contributed by atoms with van der Waals surface area (Å²) in [4.78, 5) is 18.3. The Morgan fingerprint density at radius 3 is 2.75 bits per heavy atom. The van der Waals surface area contributed by atoms with Crippen molar-refractivity contribution in [3.05, 3.63) is 53.1 Å². The minimum atomic E-state index is -0.0867. The van der Waals surface area contributed by atoms with E-state index in [2.05, 4.69) is 16.4 Å². The highest BCUT2D eigenvalue weighted by atomic mass is 35.5. The quantitative estimate of drug-likeness (QED) is 0.902. The standard InChI is InChI=1S/C18H23ClN4O/c1-22-11-10-20-16(22)12-23(2)17(24)21-13-18(8-5-9-18)14-6-3-4-7-15(14)19/h3-4,6-7,10-11H,5,8-9,12-13H2,1-2H3,(H,21,24). The summed E-state index contributed by atoms with van der Waals surface area (Å²) in [5.41, 5.74) is 1.11. The third-order valence-electron chi connectivity index (χ3n) is 4.98. The van der Waals surface area contributed by atoms with E-state index in [4.69, 9.17) is 11.6 Å². The minimum Gasteiger partial charge on any atom is -0.337 e. The molecule has 1 saturated carbocycles. The lowest BCUT2D eigenvalue weighted by molar-refractivity contribution is 0.189. The van der Waals surface area contributed by atoms with E-state index in [9.17, 15) is 4.79 Å². The van der Waals surface area contributed by atoms with Crippen LogP contribution in [0.2, 0.25) is 5.02 Å². The number of benzene rings is 1. The summed E-state index contributed by atoms with van der Waals surface area (Å²) in [7, 11) is 3.71. The highest BCUT2D eigenvalue weighted by Gasteiger charge is 2.40. The largest absolute Gasteiger partial charge is 0.337 e. The van der Waals surface area contributed by atoms with Gasteiger partial charge in [-0.2, -0.15) is 0 Å². The van der Waals surface area contributed by atoms with Crippen LogP contribution in [0, 0.1) is 0 Å².